The summed E-state index contributed by atoms with van der Waals surface area (Å²) in [4.78, 5) is 6.84. The molecule has 0 bridgehead atoms. The van der Waals surface area contributed by atoms with Gasteiger partial charge in [0.1, 0.15) is 5.82 Å². The molecule has 19 heavy (non-hydrogen) atoms. The summed E-state index contributed by atoms with van der Waals surface area (Å²) >= 11 is 9.53. The van der Waals surface area contributed by atoms with E-state index in [-0.39, 0.29) is 5.54 Å². The Hall–Kier alpha value is -0.580. The number of alkyl halides is 1. The molecule has 1 heterocycles. The average Bonchev–Trinajstić information content (AvgIpc) is 2.65. The molecule has 0 aliphatic carbocycles. The minimum Gasteiger partial charge on any atom is -0.325 e. The Morgan fingerprint density at radius 2 is 2.05 bits per heavy atom. The van der Waals surface area contributed by atoms with Gasteiger partial charge in [-0.15, -0.1) is 11.6 Å². The Kier molecular flexibility index (Phi) is 4.23. The number of fused-ring (bicyclic) bond motifs is 1. The lowest BCUT2D eigenvalue weighted by molar-refractivity contribution is 0.170. The summed E-state index contributed by atoms with van der Waals surface area (Å²) in [5.41, 5.74) is 2.16. The fraction of sp³-hybridized carbons (Fsp3) is 0.500. The van der Waals surface area contributed by atoms with Gasteiger partial charge >= 0.3 is 0 Å². The van der Waals surface area contributed by atoms with Gasteiger partial charge in [-0.1, -0.05) is 15.9 Å². The summed E-state index contributed by atoms with van der Waals surface area (Å²) in [5, 5.41) is 0. The van der Waals surface area contributed by atoms with E-state index in [1.165, 1.54) is 0 Å². The van der Waals surface area contributed by atoms with Crippen LogP contribution in [0.15, 0.2) is 22.7 Å². The highest BCUT2D eigenvalue weighted by Gasteiger charge is 2.23. The molecule has 104 valence electrons. The van der Waals surface area contributed by atoms with Crippen LogP contribution in [-0.2, 0) is 12.4 Å². The number of benzene rings is 1. The number of hydrogen-bond acceptors (Lipinski definition) is 2. The summed E-state index contributed by atoms with van der Waals surface area (Å²) in [7, 11) is 4.19. The number of hydrogen-bond donors (Lipinski definition) is 0. The molecule has 3 nitrogen and oxygen atoms in total. The molecule has 1 aromatic heterocycles. The molecule has 0 saturated carbocycles. The lowest BCUT2D eigenvalue weighted by Crippen LogP contribution is -2.42. The topological polar surface area (TPSA) is 21.1 Å². The molecule has 2 rings (SSSR count). The Labute approximate surface area is 127 Å². The third kappa shape index (κ3) is 2.96. The monoisotopic (exact) mass is 343 g/mol. The maximum absolute atomic E-state index is 6.04. The van der Waals surface area contributed by atoms with Gasteiger partial charge in [-0.2, -0.15) is 0 Å². The minimum atomic E-state index is 0.0432. The van der Waals surface area contributed by atoms with Crippen molar-refractivity contribution in [3.8, 4) is 0 Å². The van der Waals surface area contributed by atoms with Crippen molar-refractivity contribution in [3.63, 3.8) is 0 Å². The zero-order valence-electron chi connectivity index (χ0n) is 11.7. The van der Waals surface area contributed by atoms with E-state index in [1.807, 2.05) is 12.1 Å². The first-order chi connectivity index (χ1) is 8.85. The molecule has 2 aromatic rings. The molecule has 0 radical (unpaired) electrons. The number of imidazole rings is 1. The van der Waals surface area contributed by atoms with Gasteiger partial charge in [0.15, 0.2) is 0 Å². The molecule has 0 fully saturated rings. The molecule has 0 aliphatic rings. The summed E-state index contributed by atoms with van der Waals surface area (Å²) < 4.78 is 3.26. The minimum absolute atomic E-state index is 0.0432. The van der Waals surface area contributed by atoms with Crippen LogP contribution in [0.25, 0.3) is 11.0 Å². The van der Waals surface area contributed by atoms with Crippen LogP contribution in [-0.4, -0.2) is 34.1 Å². The Morgan fingerprint density at radius 1 is 1.37 bits per heavy atom. The second-order valence-corrected chi connectivity index (χ2v) is 6.77. The van der Waals surface area contributed by atoms with Gasteiger partial charge < -0.3 is 9.47 Å². The third-order valence-corrected chi connectivity index (χ3v) is 4.40. The van der Waals surface area contributed by atoms with E-state index in [0.717, 1.165) is 27.9 Å². The lowest BCUT2D eigenvalue weighted by Gasteiger charge is -2.33. The number of nitrogens with zero attached hydrogens (tertiary/aromatic N) is 3. The van der Waals surface area contributed by atoms with Gasteiger partial charge in [0.05, 0.1) is 16.9 Å². The van der Waals surface area contributed by atoms with E-state index in [0.29, 0.717) is 5.88 Å². The molecular formula is C14H19BrClN3. The Morgan fingerprint density at radius 3 is 2.63 bits per heavy atom. The first-order valence-electron chi connectivity index (χ1n) is 6.23. The van der Waals surface area contributed by atoms with Crippen molar-refractivity contribution in [1.29, 1.82) is 0 Å². The van der Waals surface area contributed by atoms with Crippen LogP contribution in [0.2, 0.25) is 0 Å². The van der Waals surface area contributed by atoms with Gasteiger partial charge in [0, 0.05) is 16.6 Å². The standard InChI is InChI=1S/C14H19BrClN3/c1-14(2,18(3)4)9-19-12-6-5-10(15)7-11(12)17-13(19)8-16/h5-7H,8-9H2,1-4H3. The van der Waals surface area contributed by atoms with Crippen molar-refractivity contribution < 1.29 is 0 Å². The van der Waals surface area contributed by atoms with Crippen LogP contribution in [0.5, 0.6) is 0 Å². The number of likely N-dealkylation sites (N-methyl/N-ethyl adjacent to an activating group) is 1. The average molecular weight is 345 g/mol. The third-order valence-electron chi connectivity index (χ3n) is 3.66. The van der Waals surface area contributed by atoms with Crippen LogP contribution in [0.3, 0.4) is 0 Å². The van der Waals surface area contributed by atoms with Crippen LogP contribution >= 0.6 is 27.5 Å². The van der Waals surface area contributed by atoms with Gasteiger partial charge in [0.25, 0.3) is 0 Å². The Balaban J connectivity index is 2.52. The second-order valence-electron chi connectivity index (χ2n) is 5.59. The molecule has 5 heteroatoms. The van der Waals surface area contributed by atoms with Crippen molar-refractivity contribution in [2.75, 3.05) is 14.1 Å². The largest absolute Gasteiger partial charge is 0.325 e. The van der Waals surface area contributed by atoms with E-state index in [4.69, 9.17) is 11.6 Å². The maximum Gasteiger partial charge on any atom is 0.124 e. The van der Waals surface area contributed by atoms with Gasteiger partial charge in [0.2, 0.25) is 0 Å². The number of halogens is 2. The molecule has 0 aliphatic heterocycles. The first-order valence-corrected chi connectivity index (χ1v) is 7.56. The van der Waals surface area contributed by atoms with Crippen LogP contribution in [0.1, 0.15) is 19.7 Å². The summed E-state index contributed by atoms with van der Waals surface area (Å²) in [5.74, 6) is 1.35. The lowest BCUT2D eigenvalue weighted by atomic mass is 10.0. The molecule has 0 amide bonds. The van der Waals surface area contributed by atoms with Crippen LogP contribution in [0.4, 0.5) is 0 Å². The zero-order valence-corrected chi connectivity index (χ0v) is 14.1. The van der Waals surface area contributed by atoms with Crippen molar-refractivity contribution >= 4 is 38.6 Å². The highest BCUT2D eigenvalue weighted by molar-refractivity contribution is 9.10. The smallest absolute Gasteiger partial charge is 0.124 e. The van der Waals surface area contributed by atoms with Crippen molar-refractivity contribution in [2.24, 2.45) is 0 Å². The van der Waals surface area contributed by atoms with E-state index in [9.17, 15) is 0 Å². The Bertz CT molecular complexity index is 590. The number of rotatable bonds is 4. The normalized spacial score (nSPS) is 12.6. The fourth-order valence-corrected chi connectivity index (χ4v) is 2.51. The molecule has 0 atom stereocenters. The van der Waals surface area contributed by atoms with Crippen LogP contribution < -0.4 is 0 Å². The fourth-order valence-electron chi connectivity index (χ4n) is 1.96. The van der Waals surface area contributed by atoms with Crippen LogP contribution in [0, 0.1) is 0 Å². The van der Waals surface area contributed by atoms with E-state index in [1.54, 1.807) is 0 Å². The highest BCUT2D eigenvalue weighted by Crippen LogP contribution is 2.24. The van der Waals surface area contributed by atoms with Gasteiger partial charge in [-0.05, 0) is 46.1 Å². The van der Waals surface area contributed by atoms with E-state index >= 15 is 0 Å². The van der Waals surface area contributed by atoms with E-state index < -0.39 is 0 Å². The van der Waals surface area contributed by atoms with Gasteiger partial charge in [-0.25, -0.2) is 4.98 Å². The predicted molar refractivity (Wildman–Crippen MR) is 84.8 cm³/mol. The number of aromatic nitrogens is 2. The molecular weight excluding hydrogens is 326 g/mol. The molecule has 1 aromatic carbocycles. The molecule has 0 saturated heterocycles. The zero-order chi connectivity index (χ0) is 14.2. The predicted octanol–water partition coefficient (Wildman–Crippen LogP) is 3.88. The van der Waals surface area contributed by atoms with Gasteiger partial charge in [-0.3, -0.25) is 0 Å². The van der Waals surface area contributed by atoms with Crippen molar-refractivity contribution in [2.45, 2.75) is 31.8 Å². The summed E-state index contributed by atoms with van der Waals surface area (Å²) in [6.45, 7) is 5.30. The molecule has 0 spiro atoms. The quantitative estimate of drug-likeness (QED) is 0.785. The van der Waals surface area contributed by atoms with Crippen molar-refractivity contribution in [1.82, 2.24) is 14.5 Å². The summed E-state index contributed by atoms with van der Waals surface area (Å²) in [6.07, 6.45) is 0. The maximum atomic E-state index is 6.04. The van der Waals surface area contributed by atoms with E-state index in [2.05, 4.69) is 64.4 Å². The first kappa shape index (κ1) is 14.8. The SMILES string of the molecule is CN(C)C(C)(C)Cn1c(CCl)nc2cc(Br)ccc21. The van der Waals surface area contributed by atoms with Crippen molar-refractivity contribution in [3.05, 3.63) is 28.5 Å². The second kappa shape index (κ2) is 5.43. The highest BCUT2D eigenvalue weighted by atomic mass is 79.9. The summed E-state index contributed by atoms with van der Waals surface area (Å²) in [6, 6.07) is 6.17. The molecule has 0 unspecified atom stereocenters. The molecule has 0 N–H and O–H groups in total.